The van der Waals surface area contributed by atoms with Crippen LogP contribution in [0, 0.1) is 0 Å². The van der Waals surface area contributed by atoms with Gasteiger partial charge in [-0.2, -0.15) is 4.99 Å². The second kappa shape index (κ2) is 13.4. The number of rotatable bonds is 4. The number of hydrogen-bond acceptors (Lipinski definition) is 4. The van der Waals surface area contributed by atoms with Crippen molar-refractivity contribution in [3.63, 3.8) is 0 Å². The molecular weight excluding hydrogens is 763 g/mol. The van der Waals surface area contributed by atoms with E-state index >= 15 is 0 Å². The summed E-state index contributed by atoms with van der Waals surface area (Å²) in [5.41, 5.74) is 12.7. The van der Waals surface area contributed by atoms with E-state index in [4.69, 9.17) is 9.98 Å². The third-order valence-corrected chi connectivity index (χ3v) is 13.5. The van der Waals surface area contributed by atoms with E-state index in [-0.39, 0.29) is 6.17 Å². The van der Waals surface area contributed by atoms with Crippen molar-refractivity contribution in [2.45, 2.75) is 16.0 Å². The summed E-state index contributed by atoms with van der Waals surface area (Å²) in [5, 5.41) is 11.3. The minimum absolute atomic E-state index is 0.294. The Balaban J connectivity index is 0.983. The molecule has 1 atom stereocenters. The number of fused-ring (bicyclic) bond motifs is 9. The van der Waals surface area contributed by atoms with Gasteiger partial charge in [-0.15, -0.1) is 0 Å². The van der Waals surface area contributed by atoms with Gasteiger partial charge in [0.1, 0.15) is 6.17 Å². The SMILES string of the molecule is c1ccc(C2=NC(c3ccccc3)NC(n3c4ccccc4c4cc(-c5ccc6c(c5)-c5cc7c(c8cccc(c58)S6)c5ccccc5n7-c5ccccc5)ccc43)=N2)cc1. The molecule has 0 amide bonds. The predicted octanol–water partition coefficient (Wildman–Crippen LogP) is 13.8. The predicted molar refractivity (Wildman–Crippen MR) is 254 cm³/mol. The van der Waals surface area contributed by atoms with E-state index in [1.54, 1.807) is 0 Å². The maximum atomic E-state index is 5.21. The maximum absolute atomic E-state index is 5.21. The van der Waals surface area contributed by atoms with E-state index in [9.17, 15) is 0 Å². The number of nitrogens with zero attached hydrogens (tertiary/aromatic N) is 4. The van der Waals surface area contributed by atoms with Crippen LogP contribution in [-0.2, 0) is 0 Å². The standard InChI is InChI=1S/C55H35N5S/c1-4-15-34(16-5-1)53-56-54(35-17-6-2-7-18-35)58-55(57-53)60-45-24-12-10-21-39(45)42-31-36(27-29-47(42)60)37-28-30-49-43(32-37)44-33-48-51(41-23-14-26-50(61-49)52(41)44)40-22-11-13-25-46(40)59(48)38-19-8-3-9-20-38/h1-33,53H,(H,56,57,58). The molecule has 11 aromatic rings. The fraction of sp³-hybridized carbons (Fsp3) is 0.0182. The largest absolute Gasteiger partial charge is 0.330 e. The second-order valence-corrected chi connectivity index (χ2v) is 16.9. The van der Waals surface area contributed by atoms with Gasteiger partial charge in [-0.05, 0) is 93.9 Å². The minimum atomic E-state index is -0.294. The smallest absolute Gasteiger partial charge is 0.211 e. The van der Waals surface area contributed by atoms with Gasteiger partial charge in [0.2, 0.25) is 5.96 Å². The van der Waals surface area contributed by atoms with Gasteiger partial charge in [-0.3, -0.25) is 4.57 Å². The van der Waals surface area contributed by atoms with Crippen molar-refractivity contribution in [1.82, 2.24) is 14.5 Å². The molecule has 0 aliphatic carbocycles. The first-order valence-electron chi connectivity index (χ1n) is 20.7. The first-order valence-corrected chi connectivity index (χ1v) is 21.5. The van der Waals surface area contributed by atoms with Crippen molar-refractivity contribution >= 4 is 77.9 Å². The molecule has 2 aliphatic rings. The summed E-state index contributed by atoms with van der Waals surface area (Å²) in [6, 6.07) is 72.1. The maximum Gasteiger partial charge on any atom is 0.211 e. The van der Waals surface area contributed by atoms with Gasteiger partial charge < -0.3 is 9.88 Å². The fourth-order valence-electron chi connectivity index (χ4n) is 9.64. The lowest BCUT2D eigenvalue weighted by atomic mass is 9.92. The average Bonchev–Trinajstić information content (AvgIpc) is 3.85. The summed E-state index contributed by atoms with van der Waals surface area (Å²) in [7, 11) is 0. The van der Waals surface area contributed by atoms with Gasteiger partial charge in [-0.25, -0.2) is 4.99 Å². The topological polar surface area (TPSA) is 46.6 Å². The quantitative estimate of drug-likeness (QED) is 0.193. The monoisotopic (exact) mass is 797 g/mol. The van der Waals surface area contributed by atoms with Gasteiger partial charge in [0.25, 0.3) is 0 Å². The van der Waals surface area contributed by atoms with Crippen LogP contribution in [0.2, 0.25) is 0 Å². The molecule has 6 heteroatoms. The summed E-state index contributed by atoms with van der Waals surface area (Å²) in [4.78, 5) is 12.9. The lowest BCUT2D eigenvalue weighted by Gasteiger charge is -2.24. The Hall–Kier alpha value is -7.67. The molecule has 61 heavy (non-hydrogen) atoms. The van der Waals surface area contributed by atoms with Crippen LogP contribution in [0.25, 0.3) is 82.3 Å². The lowest BCUT2D eigenvalue weighted by molar-refractivity contribution is 0.661. The highest BCUT2D eigenvalue weighted by Crippen LogP contribution is 2.52. The molecule has 0 radical (unpaired) electrons. The van der Waals surface area contributed by atoms with Crippen molar-refractivity contribution in [3.8, 4) is 27.9 Å². The molecule has 4 heterocycles. The zero-order valence-corrected chi connectivity index (χ0v) is 33.6. The van der Waals surface area contributed by atoms with Crippen LogP contribution in [0.4, 0.5) is 0 Å². The van der Waals surface area contributed by atoms with Crippen LogP contribution in [0.1, 0.15) is 17.3 Å². The Bertz CT molecular complexity index is 3640. The van der Waals surface area contributed by atoms with Gasteiger partial charge in [0, 0.05) is 48.0 Å². The van der Waals surface area contributed by atoms with Crippen molar-refractivity contribution in [3.05, 3.63) is 211 Å². The molecule has 5 nitrogen and oxygen atoms in total. The molecular formula is C55H35N5S. The van der Waals surface area contributed by atoms with E-state index < -0.39 is 0 Å². The second-order valence-electron chi connectivity index (χ2n) is 15.8. The number of para-hydroxylation sites is 3. The van der Waals surface area contributed by atoms with Crippen molar-refractivity contribution < 1.29 is 0 Å². The first-order chi connectivity index (χ1) is 30.2. The number of benzene rings is 9. The van der Waals surface area contributed by atoms with Gasteiger partial charge in [0.15, 0.2) is 5.84 Å². The number of hydrogen-bond donors (Lipinski definition) is 1. The van der Waals surface area contributed by atoms with Crippen molar-refractivity contribution in [1.29, 1.82) is 0 Å². The summed E-state index contributed by atoms with van der Waals surface area (Å²) in [5.74, 6) is 1.45. The fourth-order valence-corrected chi connectivity index (χ4v) is 10.8. The van der Waals surface area contributed by atoms with Gasteiger partial charge >= 0.3 is 0 Å². The number of aromatic nitrogens is 2. The third kappa shape index (κ3) is 5.29. The van der Waals surface area contributed by atoms with E-state index in [1.807, 2.05) is 36.0 Å². The van der Waals surface area contributed by atoms with E-state index in [2.05, 4.69) is 190 Å². The van der Waals surface area contributed by atoms with Crippen LogP contribution < -0.4 is 5.32 Å². The Morgan fingerprint density at radius 2 is 1.08 bits per heavy atom. The molecule has 2 aliphatic heterocycles. The minimum Gasteiger partial charge on any atom is -0.330 e. The Kier molecular flexibility index (Phi) is 7.53. The zero-order valence-electron chi connectivity index (χ0n) is 32.8. The van der Waals surface area contributed by atoms with Crippen LogP contribution in [0.5, 0.6) is 0 Å². The van der Waals surface area contributed by atoms with Gasteiger partial charge in [0.05, 0.1) is 22.1 Å². The van der Waals surface area contributed by atoms with Crippen LogP contribution >= 0.6 is 11.8 Å². The lowest BCUT2D eigenvalue weighted by Crippen LogP contribution is -2.37. The van der Waals surface area contributed by atoms with Gasteiger partial charge in [-0.1, -0.05) is 151 Å². The molecule has 1 N–H and O–H groups in total. The number of amidine groups is 1. The highest BCUT2D eigenvalue weighted by atomic mass is 32.2. The number of nitrogens with one attached hydrogen (secondary N) is 1. The summed E-state index contributed by atoms with van der Waals surface area (Å²) < 4.78 is 4.70. The van der Waals surface area contributed by atoms with E-state index in [0.29, 0.717) is 5.84 Å². The first kappa shape index (κ1) is 34.2. The third-order valence-electron chi connectivity index (χ3n) is 12.4. The molecule has 9 aromatic carbocycles. The van der Waals surface area contributed by atoms with Crippen molar-refractivity contribution in [2.24, 2.45) is 9.98 Å². The normalized spacial score (nSPS) is 14.7. The summed E-state index contributed by atoms with van der Waals surface area (Å²) in [6.45, 7) is 0. The molecule has 0 bridgehead atoms. The van der Waals surface area contributed by atoms with E-state index in [0.717, 1.165) is 33.8 Å². The molecule has 0 spiro atoms. The number of aliphatic imine (C=N–C) groups is 2. The van der Waals surface area contributed by atoms with Crippen molar-refractivity contribution in [2.75, 3.05) is 0 Å². The van der Waals surface area contributed by atoms with Crippen LogP contribution in [-0.4, -0.2) is 20.9 Å². The molecule has 0 saturated heterocycles. The Morgan fingerprint density at radius 3 is 1.90 bits per heavy atom. The van der Waals surface area contributed by atoms with Crippen LogP contribution in [0.3, 0.4) is 0 Å². The molecule has 2 aromatic heterocycles. The van der Waals surface area contributed by atoms with Crippen LogP contribution in [0.15, 0.2) is 220 Å². The molecule has 1 unspecified atom stereocenters. The average molecular weight is 798 g/mol. The summed E-state index contributed by atoms with van der Waals surface area (Å²) in [6.07, 6.45) is -0.294. The molecule has 0 saturated carbocycles. The highest BCUT2D eigenvalue weighted by molar-refractivity contribution is 7.99. The highest BCUT2D eigenvalue weighted by Gasteiger charge is 2.26. The Morgan fingerprint density at radius 1 is 0.426 bits per heavy atom. The summed E-state index contributed by atoms with van der Waals surface area (Å²) >= 11 is 1.88. The molecule has 0 fully saturated rings. The molecule has 13 rings (SSSR count). The zero-order chi connectivity index (χ0) is 40.0. The van der Waals surface area contributed by atoms with E-state index in [1.165, 1.54) is 75.4 Å². The molecule has 286 valence electrons. The Labute approximate surface area is 356 Å².